The van der Waals surface area contributed by atoms with Crippen LogP contribution >= 0.6 is 11.6 Å². The molecule has 3 aromatic carbocycles. The van der Waals surface area contributed by atoms with Crippen LogP contribution in [0.5, 0.6) is 6.01 Å². The number of piperidine rings is 1. The van der Waals surface area contributed by atoms with E-state index in [2.05, 4.69) is 21.8 Å². The van der Waals surface area contributed by atoms with Gasteiger partial charge >= 0.3 is 6.01 Å². The summed E-state index contributed by atoms with van der Waals surface area (Å²) in [6.07, 6.45) is 2.11. The first-order chi connectivity index (χ1) is 15.5. The van der Waals surface area contributed by atoms with E-state index in [1.807, 2.05) is 18.2 Å². The first-order valence-electron chi connectivity index (χ1n) is 10.6. The number of anilines is 1. The molecule has 2 heterocycles. The standard InChI is InChI=1S/C25H22ClF2N3O/c1-14-6-5-11-31(13-14)24-17-12-19(27)21(22(28)23(17)29-25(30-24)32-2)16-9-3-7-15-8-4-10-18(26)20(15)16/h3-4,7-10,12,14H,5-6,11,13H2,1-2H3. The van der Waals surface area contributed by atoms with Gasteiger partial charge in [-0.2, -0.15) is 9.97 Å². The maximum atomic E-state index is 16.0. The van der Waals surface area contributed by atoms with Crippen molar-refractivity contribution < 1.29 is 13.5 Å². The zero-order valence-electron chi connectivity index (χ0n) is 17.8. The number of nitrogens with zero attached hydrogens (tertiary/aromatic N) is 3. The van der Waals surface area contributed by atoms with Crippen molar-refractivity contribution in [1.29, 1.82) is 0 Å². The predicted octanol–water partition coefficient (Wildman–Crippen LogP) is 6.63. The van der Waals surface area contributed by atoms with Crippen LogP contribution < -0.4 is 9.64 Å². The summed E-state index contributed by atoms with van der Waals surface area (Å²) in [5, 5.41) is 2.17. The minimum Gasteiger partial charge on any atom is -0.467 e. The smallest absolute Gasteiger partial charge is 0.318 e. The van der Waals surface area contributed by atoms with E-state index in [1.54, 1.807) is 18.2 Å². The van der Waals surface area contributed by atoms with Gasteiger partial charge in [-0.3, -0.25) is 0 Å². The van der Waals surface area contributed by atoms with Gasteiger partial charge in [0.1, 0.15) is 17.2 Å². The fourth-order valence-corrected chi connectivity index (χ4v) is 4.91. The van der Waals surface area contributed by atoms with Crippen LogP contribution in [0.3, 0.4) is 0 Å². The fraction of sp³-hybridized carbons (Fsp3) is 0.280. The van der Waals surface area contributed by atoms with Gasteiger partial charge in [0.2, 0.25) is 0 Å². The van der Waals surface area contributed by atoms with Gasteiger partial charge < -0.3 is 9.64 Å². The first-order valence-corrected chi connectivity index (χ1v) is 11.0. The van der Waals surface area contributed by atoms with E-state index < -0.39 is 11.6 Å². The van der Waals surface area contributed by atoms with Crippen molar-refractivity contribution in [2.75, 3.05) is 25.1 Å². The number of rotatable bonds is 3. The average Bonchev–Trinajstić information content (AvgIpc) is 2.79. The van der Waals surface area contributed by atoms with Gasteiger partial charge in [-0.15, -0.1) is 0 Å². The van der Waals surface area contributed by atoms with Crippen LogP contribution in [0.1, 0.15) is 19.8 Å². The Morgan fingerprint density at radius 2 is 1.91 bits per heavy atom. The molecule has 0 aliphatic carbocycles. The lowest BCUT2D eigenvalue weighted by Gasteiger charge is -2.32. The highest BCUT2D eigenvalue weighted by molar-refractivity contribution is 6.36. The van der Waals surface area contributed by atoms with Crippen molar-refractivity contribution in [3.63, 3.8) is 0 Å². The van der Waals surface area contributed by atoms with Gasteiger partial charge in [-0.25, -0.2) is 8.78 Å². The summed E-state index contributed by atoms with van der Waals surface area (Å²) in [6.45, 7) is 3.69. The molecule has 4 nitrogen and oxygen atoms in total. The molecule has 32 heavy (non-hydrogen) atoms. The van der Waals surface area contributed by atoms with E-state index in [-0.39, 0.29) is 17.1 Å². The third-order valence-corrected chi connectivity index (χ3v) is 6.42. The van der Waals surface area contributed by atoms with E-state index in [9.17, 15) is 0 Å². The van der Waals surface area contributed by atoms with Crippen molar-refractivity contribution in [3.05, 3.63) is 59.1 Å². The molecular formula is C25H22ClF2N3O. The van der Waals surface area contributed by atoms with E-state index in [1.165, 1.54) is 13.2 Å². The van der Waals surface area contributed by atoms with Crippen molar-refractivity contribution in [1.82, 2.24) is 9.97 Å². The van der Waals surface area contributed by atoms with Crippen LogP contribution in [0.25, 0.3) is 32.8 Å². The Hall–Kier alpha value is -2.99. The zero-order chi connectivity index (χ0) is 22.4. The summed E-state index contributed by atoms with van der Waals surface area (Å²) in [4.78, 5) is 10.8. The Labute approximate surface area is 189 Å². The molecule has 0 spiro atoms. The van der Waals surface area contributed by atoms with E-state index in [0.717, 1.165) is 31.3 Å². The predicted molar refractivity (Wildman–Crippen MR) is 125 cm³/mol. The Morgan fingerprint density at radius 1 is 1.12 bits per heavy atom. The first kappa shape index (κ1) is 20.9. The third kappa shape index (κ3) is 3.43. The highest BCUT2D eigenvalue weighted by Gasteiger charge is 2.26. The fourth-order valence-electron chi connectivity index (χ4n) is 4.62. The normalized spacial score (nSPS) is 16.7. The Balaban J connectivity index is 1.79. The molecule has 1 saturated heterocycles. The number of ether oxygens (including phenoxy) is 1. The zero-order valence-corrected chi connectivity index (χ0v) is 18.6. The van der Waals surface area contributed by atoms with Crippen LogP contribution in [-0.2, 0) is 0 Å². The second-order valence-electron chi connectivity index (χ2n) is 8.31. The molecule has 1 unspecified atom stereocenters. The van der Waals surface area contributed by atoms with Gasteiger partial charge in [-0.05, 0) is 41.8 Å². The molecule has 164 valence electrons. The molecule has 4 aromatic rings. The number of hydrogen-bond acceptors (Lipinski definition) is 4. The van der Waals surface area contributed by atoms with Crippen molar-refractivity contribution >= 4 is 39.1 Å². The van der Waals surface area contributed by atoms with Gasteiger partial charge in [-0.1, -0.05) is 48.9 Å². The molecule has 0 N–H and O–H groups in total. The number of methoxy groups -OCH3 is 1. The van der Waals surface area contributed by atoms with Crippen molar-refractivity contribution in [3.8, 4) is 17.1 Å². The number of hydrogen-bond donors (Lipinski definition) is 0. The minimum absolute atomic E-state index is 0.0329. The quantitative estimate of drug-likeness (QED) is 0.349. The Morgan fingerprint density at radius 3 is 2.66 bits per heavy atom. The van der Waals surface area contributed by atoms with Crippen LogP contribution in [0, 0.1) is 17.6 Å². The minimum atomic E-state index is -0.751. The van der Waals surface area contributed by atoms with Crippen LogP contribution in [0.4, 0.5) is 14.6 Å². The summed E-state index contributed by atoms with van der Waals surface area (Å²) in [6, 6.07) is 12.1. The Bertz CT molecular complexity index is 1340. The summed E-state index contributed by atoms with van der Waals surface area (Å²) in [7, 11) is 1.44. The van der Waals surface area contributed by atoms with E-state index in [0.29, 0.717) is 33.1 Å². The second-order valence-corrected chi connectivity index (χ2v) is 8.72. The SMILES string of the molecule is COc1nc(N2CCCC(C)C2)c2cc(F)c(-c3cccc4cccc(Cl)c34)c(F)c2n1. The van der Waals surface area contributed by atoms with E-state index >= 15 is 8.78 Å². The van der Waals surface area contributed by atoms with Gasteiger partial charge in [0.25, 0.3) is 0 Å². The second kappa shape index (κ2) is 8.17. The number of fused-ring (bicyclic) bond motifs is 2. The molecule has 5 rings (SSSR count). The largest absolute Gasteiger partial charge is 0.467 e. The monoisotopic (exact) mass is 453 g/mol. The molecule has 1 atom stereocenters. The lowest BCUT2D eigenvalue weighted by molar-refractivity contribution is 0.379. The highest BCUT2D eigenvalue weighted by atomic mass is 35.5. The molecule has 0 bridgehead atoms. The summed E-state index contributed by atoms with van der Waals surface area (Å²) >= 11 is 6.43. The van der Waals surface area contributed by atoms with Crippen molar-refractivity contribution in [2.45, 2.75) is 19.8 Å². The van der Waals surface area contributed by atoms with Gasteiger partial charge in [0.05, 0.1) is 12.7 Å². The molecular weight excluding hydrogens is 432 g/mol. The lowest BCUT2D eigenvalue weighted by Crippen LogP contribution is -2.35. The average molecular weight is 454 g/mol. The molecule has 0 saturated carbocycles. The molecule has 0 radical (unpaired) electrons. The highest BCUT2D eigenvalue weighted by Crippen LogP contribution is 2.40. The third-order valence-electron chi connectivity index (χ3n) is 6.10. The maximum Gasteiger partial charge on any atom is 0.318 e. The molecule has 1 aliphatic heterocycles. The molecule has 0 amide bonds. The number of benzene rings is 3. The number of aromatic nitrogens is 2. The molecule has 1 fully saturated rings. The molecule has 7 heteroatoms. The van der Waals surface area contributed by atoms with Gasteiger partial charge in [0, 0.05) is 28.9 Å². The molecule has 1 aromatic heterocycles. The summed E-state index contributed by atoms with van der Waals surface area (Å²) in [5.41, 5.74) is 0.260. The van der Waals surface area contributed by atoms with E-state index in [4.69, 9.17) is 16.3 Å². The number of halogens is 3. The molecule has 1 aliphatic rings. The Kier molecular flexibility index (Phi) is 5.33. The van der Waals surface area contributed by atoms with Crippen LogP contribution in [-0.4, -0.2) is 30.2 Å². The maximum absolute atomic E-state index is 16.0. The van der Waals surface area contributed by atoms with Gasteiger partial charge in [0.15, 0.2) is 5.82 Å². The lowest BCUT2D eigenvalue weighted by atomic mass is 9.95. The van der Waals surface area contributed by atoms with Crippen LogP contribution in [0.2, 0.25) is 5.02 Å². The summed E-state index contributed by atoms with van der Waals surface area (Å²) in [5.74, 6) is -0.466. The van der Waals surface area contributed by atoms with Crippen molar-refractivity contribution in [2.24, 2.45) is 5.92 Å². The summed E-state index contributed by atoms with van der Waals surface area (Å²) < 4.78 is 36.8. The topological polar surface area (TPSA) is 38.2 Å². The van der Waals surface area contributed by atoms with Crippen LogP contribution in [0.15, 0.2) is 42.5 Å².